The lowest BCUT2D eigenvalue weighted by atomic mass is 9.84. The molecule has 1 N–H and O–H groups in total. The van der Waals surface area contributed by atoms with Gasteiger partial charge in [-0.2, -0.15) is 0 Å². The number of carbonyl (C=O) groups excluding carboxylic acids is 2. The molecule has 0 radical (unpaired) electrons. The maximum atomic E-state index is 13.7. The Hall–Kier alpha value is -2.15. The lowest BCUT2D eigenvalue weighted by molar-refractivity contribution is -0.146. The number of amides is 1. The summed E-state index contributed by atoms with van der Waals surface area (Å²) in [5.74, 6) is -2.02. The minimum atomic E-state index is -1.14. The number of ether oxygens (including phenoxy) is 1. The highest BCUT2D eigenvalue weighted by Gasteiger charge is 2.36. The van der Waals surface area contributed by atoms with Gasteiger partial charge in [-0.25, -0.2) is 9.18 Å². The number of hydrogen-bond acceptors (Lipinski definition) is 4. The molecule has 1 heterocycles. The zero-order valence-corrected chi connectivity index (χ0v) is 14.5. The van der Waals surface area contributed by atoms with E-state index in [1.165, 1.54) is 17.0 Å². The van der Waals surface area contributed by atoms with Crippen molar-refractivity contribution in [3.63, 3.8) is 0 Å². The molecule has 25 heavy (non-hydrogen) atoms. The highest BCUT2D eigenvalue weighted by molar-refractivity contribution is 6.30. The van der Waals surface area contributed by atoms with Gasteiger partial charge >= 0.3 is 12.1 Å². The molecule has 1 aromatic rings. The maximum absolute atomic E-state index is 13.7. The van der Waals surface area contributed by atoms with E-state index in [0.29, 0.717) is 12.0 Å². The number of likely N-dealkylation sites (tertiary alicyclic amines) is 1. The third-order valence-corrected chi connectivity index (χ3v) is 4.56. The van der Waals surface area contributed by atoms with Crippen molar-refractivity contribution in [2.75, 3.05) is 13.2 Å². The predicted molar refractivity (Wildman–Crippen MR) is 87.9 cm³/mol. The van der Waals surface area contributed by atoms with Crippen LogP contribution in [0, 0.1) is 11.7 Å². The number of rotatable bonds is 5. The quantitative estimate of drug-likeness (QED) is 0.633. The zero-order chi connectivity index (χ0) is 18.6. The number of carboxylic acid groups (broad SMARTS) is 1. The van der Waals surface area contributed by atoms with Gasteiger partial charge in [0.05, 0.1) is 17.7 Å². The first kappa shape index (κ1) is 19.2. The highest BCUT2D eigenvalue weighted by atomic mass is 35.5. The first-order valence-corrected chi connectivity index (χ1v) is 8.34. The Morgan fingerprint density at radius 3 is 2.72 bits per heavy atom. The van der Waals surface area contributed by atoms with Crippen LogP contribution in [0.3, 0.4) is 0 Å². The SMILES string of the molecule is CCOC(=O)CC(=O)C1CCN(C(=O)O)C(c2ccc(Cl)c(F)c2)C1. The standard InChI is InChI=1S/C17H19ClFNO5/c1-2-25-16(22)9-15(21)11-5-6-20(17(23)24)14(8-11)10-3-4-12(18)13(19)7-10/h3-4,7,11,14H,2,5-6,8-9H2,1H3,(H,23,24). The molecule has 1 fully saturated rings. The Kier molecular flexibility index (Phi) is 6.36. The molecular weight excluding hydrogens is 353 g/mol. The topological polar surface area (TPSA) is 83.9 Å². The van der Waals surface area contributed by atoms with E-state index in [1.807, 2.05) is 0 Å². The number of hydrogen-bond donors (Lipinski definition) is 1. The summed E-state index contributed by atoms with van der Waals surface area (Å²) < 4.78 is 18.5. The average molecular weight is 372 g/mol. The van der Waals surface area contributed by atoms with Gasteiger partial charge in [-0.3, -0.25) is 9.59 Å². The summed E-state index contributed by atoms with van der Waals surface area (Å²) in [4.78, 5) is 36.4. The van der Waals surface area contributed by atoms with Crippen molar-refractivity contribution in [1.29, 1.82) is 0 Å². The number of benzene rings is 1. The molecule has 2 unspecified atom stereocenters. The second kappa shape index (κ2) is 8.29. The van der Waals surface area contributed by atoms with Crippen molar-refractivity contribution < 1.29 is 28.6 Å². The van der Waals surface area contributed by atoms with Crippen molar-refractivity contribution in [1.82, 2.24) is 4.90 Å². The Bertz CT molecular complexity index is 681. The fraction of sp³-hybridized carbons (Fsp3) is 0.471. The van der Waals surface area contributed by atoms with Gasteiger partial charge in [-0.1, -0.05) is 17.7 Å². The fourth-order valence-corrected chi connectivity index (χ4v) is 3.14. The zero-order valence-electron chi connectivity index (χ0n) is 13.7. The van der Waals surface area contributed by atoms with E-state index in [1.54, 1.807) is 13.0 Å². The van der Waals surface area contributed by atoms with Crippen molar-refractivity contribution in [2.24, 2.45) is 5.92 Å². The van der Waals surface area contributed by atoms with Crippen LogP contribution in [0.4, 0.5) is 9.18 Å². The maximum Gasteiger partial charge on any atom is 0.407 e. The Morgan fingerprint density at radius 2 is 2.12 bits per heavy atom. The van der Waals surface area contributed by atoms with Gasteiger partial charge in [0.1, 0.15) is 18.0 Å². The molecule has 1 saturated heterocycles. The molecule has 2 atom stereocenters. The monoisotopic (exact) mass is 371 g/mol. The third kappa shape index (κ3) is 4.69. The van der Waals surface area contributed by atoms with Crippen LogP contribution in [0.15, 0.2) is 18.2 Å². The number of ketones is 1. The number of carbonyl (C=O) groups is 3. The van der Waals surface area contributed by atoms with Crippen LogP contribution in [0.5, 0.6) is 0 Å². The predicted octanol–water partition coefficient (Wildman–Crippen LogP) is 3.43. The van der Waals surface area contributed by atoms with Gasteiger partial charge in [-0.15, -0.1) is 0 Å². The van der Waals surface area contributed by atoms with Crippen molar-refractivity contribution in [3.05, 3.63) is 34.6 Å². The molecule has 0 aliphatic carbocycles. The van der Waals surface area contributed by atoms with Crippen LogP contribution in [0.2, 0.25) is 5.02 Å². The van der Waals surface area contributed by atoms with Crippen molar-refractivity contribution >= 4 is 29.4 Å². The summed E-state index contributed by atoms with van der Waals surface area (Å²) in [5, 5.41) is 9.32. The van der Waals surface area contributed by atoms with E-state index in [0.717, 1.165) is 0 Å². The van der Waals surface area contributed by atoms with E-state index < -0.39 is 29.8 Å². The van der Waals surface area contributed by atoms with Crippen LogP contribution in [-0.2, 0) is 14.3 Å². The van der Waals surface area contributed by atoms with E-state index in [4.69, 9.17) is 16.3 Å². The Morgan fingerprint density at radius 1 is 1.40 bits per heavy atom. The van der Waals surface area contributed by atoms with E-state index >= 15 is 0 Å². The van der Waals surface area contributed by atoms with Crippen LogP contribution in [-0.4, -0.2) is 41.0 Å². The molecular formula is C17H19ClFNO5. The summed E-state index contributed by atoms with van der Waals surface area (Å²) in [6.07, 6.45) is -0.979. The summed E-state index contributed by atoms with van der Waals surface area (Å²) in [6.45, 7) is 1.97. The molecule has 0 spiro atoms. The number of esters is 1. The number of Topliss-reactive ketones (excluding diaryl/α,β-unsaturated/α-hetero) is 1. The first-order valence-electron chi connectivity index (χ1n) is 7.96. The lowest BCUT2D eigenvalue weighted by Crippen LogP contribution is -2.42. The molecule has 0 saturated carbocycles. The number of piperidine rings is 1. The second-order valence-corrected chi connectivity index (χ2v) is 6.24. The lowest BCUT2D eigenvalue weighted by Gasteiger charge is -2.37. The Balaban J connectivity index is 2.18. The molecule has 8 heteroatoms. The Labute approximate surface area is 149 Å². The first-order chi connectivity index (χ1) is 11.8. The summed E-state index contributed by atoms with van der Waals surface area (Å²) in [7, 11) is 0. The minimum absolute atomic E-state index is 0.0589. The van der Waals surface area contributed by atoms with Crippen LogP contribution < -0.4 is 0 Å². The number of halogens is 2. The van der Waals surface area contributed by atoms with E-state index in [2.05, 4.69) is 0 Å². The summed E-state index contributed by atoms with van der Waals surface area (Å²) in [6, 6.07) is 3.41. The van der Waals surface area contributed by atoms with Gasteiger partial charge in [0.2, 0.25) is 0 Å². The molecule has 0 bridgehead atoms. The third-order valence-electron chi connectivity index (χ3n) is 4.26. The normalized spacial score (nSPS) is 20.2. The van der Waals surface area contributed by atoms with Gasteiger partial charge in [0, 0.05) is 12.5 Å². The van der Waals surface area contributed by atoms with Crippen LogP contribution in [0.25, 0.3) is 0 Å². The molecule has 2 rings (SSSR count). The van der Waals surface area contributed by atoms with Crippen LogP contribution >= 0.6 is 11.6 Å². The summed E-state index contributed by atoms with van der Waals surface area (Å²) >= 11 is 5.67. The second-order valence-electron chi connectivity index (χ2n) is 5.83. The van der Waals surface area contributed by atoms with Crippen molar-refractivity contribution in [3.8, 4) is 0 Å². The number of nitrogens with zero attached hydrogens (tertiary/aromatic N) is 1. The molecule has 1 aliphatic rings. The molecule has 1 aromatic carbocycles. The highest BCUT2D eigenvalue weighted by Crippen LogP contribution is 2.36. The minimum Gasteiger partial charge on any atom is -0.466 e. The van der Waals surface area contributed by atoms with Crippen molar-refractivity contribution in [2.45, 2.75) is 32.2 Å². The van der Waals surface area contributed by atoms with E-state index in [-0.39, 0.29) is 36.8 Å². The molecule has 1 aliphatic heterocycles. The van der Waals surface area contributed by atoms with Gasteiger partial charge in [0.15, 0.2) is 0 Å². The van der Waals surface area contributed by atoms with Gasteiger partial charge in [-0.05, 0) is 37.5 Å². The smallest absolute Gasteiger partial charge is 0.407 e. The molecule has 1 amide bonds. The largest absolute Gasteiger partial charge is 0.466 e. The van der Waals surface area contributed by atoms with Gasteiger partial charge < -0.3 is 14.7 Å². The molecule has 136 valence electrons. The van der Waals surface area contributed by atoms with E-state index in [9.17, 15) is 23.9 Å². The molecule has 6 nitrogen and oxygen atoms in total. The average Bonchev–Trinajstić information content (AvgIpc) is 2.56. The van der Waals surface area contributed by atoms with Gasteiger partial charge in [0.25, 0.3) is 0 Å². The van der Waals surface area contributed by atoms with Crippen LogP contribution in [0.1, 0.15) is 37.8 Å². The molecule has 0 aromatic heterocycles. The fourth-order valence-electron chi connectivity index (χ4n) is 3.02. The summed E-state index contributed by atoms with van der Waals surface area (Å²) in [5.41, 5.74) is 0.429.